The minimum Gasteiger partial charge on any atom is -0.351 e. The number of rotatable bonds is 11. The van der Waals surface area contributed by atoms with Crippen molar-refractivity contribution in [2.45, 2.75) is 23.2 Å². The van der Waals surface area contributed by atoms with Crippen molar-refractivity contribution < 1.29 is 4.79 Å². The molecule has 3 heterocycles. The third kappa shape index (κ3) is 7.02. The van der Waals surface area contributed by atoms with Crippen LogP contribution in [0.2, 0.25) is 5.02 Å². The molecule has 0 aliphatic heterocycles. The summed E-state index contributed by atoms with van der Waals surface area (Å²) in [7, 11) is 0. The molecular formula is C33H27ClN6OS2. The van der Waals surface area contributed by atoms with Crippen LogP contribution in [0.4, 0.5) is 0 Å². The zero-order valence-electron chi connectivity index (χ0n) is 23.0. The first kappa shape index (κ1) is 28.8. The highest BCUT2D eigenvalue weighted by Gasteiger charge is 2.19. The fourth-order valence-electron chi connectivity index (χ4n) is 4.82. The number of carbonyl (C=O) groups excluding carboxylic acids is 1. The Kier molecular flexibility index (Phi) is 9.22. The SMILES string of the molecule is O=C(NCCC(c1ccccc1)c1ccccc1)c1csc(CSc2nnc(-c3cccnc3)n2-c2cccc(Cl)c2)n1. The van der Waals surface area contributed by atoms with Crippen LogP contribution in [0.5, 0.6) is 0 Å². The van der Waals surface area contributed by atoms with Crippen molar-refractivity contribution in [2.24, 2.45) is 0 Å². The van der Waals surface area contributed by atoms with E-state index in [1.54, 1.807) is 17.8 Å². The lowest BCUT2D eigenvalue weighted by Crippen LogP contribution is -2.26. The van der Waals surface area contributed by atoms with Gasteiger partial charge in [-0.25, -0.2) is 4.98 Å². The molecule has 214 valence electrons. The Hall–Kier alpha value is -4.31. The number of benzene rings is 3. The van der Waals surface area contributed by atoms with Crippen molar-refractivity contribution in [1.82, 2.24) is 30.0 Å². The molecule has 43 heavy (non-hydrogen) atoms. The molecule has 1 N–H and O–H groups in total. The zero-order chi connectivity index (χ0) is 29.4. The molecule has 0 radical (unpaired) electrons. The first-order chi connectivity index (χ1) is 21.2. The topological polar surface area (TPSA) is 85.6 Å². The molecule has 3 aromatic heterocycles. The lowest BCUT2D eigenvalue weighted by atomic mass is 9.88. The Morgan fingerprint density at radius 3 is 2.40 bits per heavy atom. The molecule has 0 atom stereocenters. The maximum Gasteiger partial charge on any atom is 0.270 e. The van der Waals surface area contributed by atoms with E-state index in [1.807, 2.05) is 53.1 Å². The highest BCUT2D eigenvalue weighted by atomic mass is 35.5. The smallest absolute Gasteiger partial charge is 0.270 e. The van der Waals surface area contributed by atoms with Gasteiger partial charge in [0.05, 0.1) is 11.4 Å². The minimum absolute atomic E-state index is 0.173. The number of carbonyl (C=O) groups is 1. The first-order valence-electron chi connectivity index (χ1n) is 13.7. The summed E-state index contributed by atoms with van der Waals surface area (Å²) in [6, 6.07) is 32.2. The van der Waals surface area contributed by atoms with Crippen molar-refractivity contribution in [3.8, 4) is 17.1 Å². The molecule has 0 saturated heterocycles. The predicted octanol–water partition coefficient (Wildman–Crippen LogP) is 7.68. The summed E-state index contributed by atoms with van der Waals surface area (Å²) in [6.45, 7) is 0.536. The van der Waals surface area contributed by atoms with E-state index < -0.39 is 0 Å². The number of pyridine rings is 1. The van der Waals surface area contributed by atoms with Crippen molar-refractivity contribution in [1.29, 1.82) is 0 Å². The van der Waals surface area contributed by atoms with Gasteiger partial charge in [0, 0.05) is 40.8 Å². The Bertz CT molecular complexity index is 1760. The van der Waals surface area contributed by atoms with E-state index in [1.165, 1.54) is 34.2 Å². The summed E-state index contributed by atoms with van der Waals surface area (Å²) in [5.41, 5.74) is 4.57. The molecular weight excluding hydrogens is 596 g/mol. The average molecular weight is 623 g/mol. The number of halogens is 1. The number of hydrogen-bond donors (Lipinski definition) is 1. The molecule has 0 bridgehead atoms. The third-order valence-electron chi connectivity index (χ3n) is 6.85. The summed E-state index contributed by atoms with van der Waals surface area (Å²) in [4.78, 5) is 21.9. The highest BCUT2D eigenvalue weighted by molar-refractivity contribution is 7.98. The van der Waals surface area contributed by atoms with Crippen LogP contribution >= 0.6 is 34.7 Å². The molecule has 3 aromatic carbocycles. The Labute approximate surface area is 263 Å². The van der Waals surface area contributed by atoms with E-state index in [0.717, 1.165) is 22.7 Å². The van der Waals surface area contributed by atoms with Crippen molar-refractivity contribution in [3.63, 3.8) is 0 Å². The fraction of sp³-hybridized carbons (Fsp3) is 0.121. The molecule has 0 unspecified atom stereocenters. The second-order valence-electron chi connectivity index (χ2n) is 9.70. The number of hydrogen-bond acceptors (Lipinski definition) is 7. The van der Waals surface area contributed by atoms with E-state index in [9.17, 15) is 4.79 Å². The number of nitrogens with one attached hydrogen (secondary N) is 1. The van der Waals surface area contributed by atoms with Gasteiger partial charge in [-0.05, 0) is 47.9 Å². The Morgan fingerprint density at radius 1 is 0.930 bits per heavy atom. The molecule has 10 heteroatoms. The van der Waals surface area contributed by atoms with E-state index in [2.05, 4.69) is 74.0 Å². The molecule has 0 saturated carbocycles. The van der Waals surface area contributed by atoms with Gasteiger partial charge >= 0.3 is 0 Å². The lowest BCUT2D eigenvalue weighted by Gasteiger charge is -2.18. The number of nitrogens with zero attached hydrogens (tertiary/aromatic N) is 5. The normalized spacial score (nSPS) is 11.1. The van der Waals surface area contributed by atoms with Gasteiger partial charge < -0.3 is 5.32 Å². The predicted molar refractivity (Wildman–Crippen MR) is 173 cm³/mol. The van der Waals surface area contributed by atoms with Crippen LogP contribution in [-0.2, 0) is 5.75 Å². The standard InChI is InChI=1S/C33H27ClN6OS2/c34-26-14-7-15-27(19-26)40-31(25-13-8-17-35-20-25)38-39-33(40)43-22-30-37-29(21-42-30)32(41)36-18-16-28(23-9-3-1-4-10-23)24-11-5-2-6-12-24/h1-15,17,19-21,28H,16,18,22H2,(H,36,41). The fourth-order valence-corrected chi connectivity index (χ4v) is 6.75. The lowest BCUT2D eigenvalue weighted by molar-refractivity contribution is 0.0948. The molecule has 1 amide bonds. The van der Waals surface area contributed by atoms with E-state index in [-0.39, 0.29) is 11.8 Å². The maximum absolute atomic E-state index is 13.0. The third-order valence-corrected chi connectivity index (χ3v) is 9.06. The first-order valence-corrected chi connectivity index (χ1v) is 16.0. The number of aromatic nitrogens is 5. The van der Waals surface area contributed by atoms with Crippen LogP contribution in [0, 0.1) is 0 Å². The van der Waals surface area contributed by atoms with Crippen LogP contribution < -0.4 is 5.32 Å². The molecule has 6 aromatic rings. The van der Waals surface area contributed by atoms with Gasteiger partial charge in [0.25, 0.3) is 5.91 Å². The summed E-state index contributed by atoms with van der Waals surface area (Å²) in [6.07, 6.45) is 4.26. The van der Waals surface area contributed by atoms with E-state index >= 15 is 0 Å². The quantitative estimate of drug-likeness (QED) is 0.149. The van der Waals surface area contributed by atoms with Crippen molar-refractivity contribution >= 4 is 40.6 Å². The Morgan fingerprint density at radius 2 is 1.70 bits per heavy atom. The van der Waals surface area contributed by atoms with E-state index in [0.29, 0.717) is 34.0 Å². The number of thiazole rings is 1. The number of thioether (sulfide) groups is 1. The van der Waals surface area contributed by atoms with Crippen LogP contribution in [0.1, 0.15) is 39.0 Å². The molecule has 0 spiro atoms. The Balaban J connectivity index is 1.12. The van der Waals surface area contributed by atoms with Gasteiger partial charge in [-0.1, -0.05) is 90.1 Å². The van der Waals surface area contributed by atoms with E-state index in [4.69, 9.17) is 11.6 Å². The van der Waals surface area contributed by atoms with Gasteiger partial charge in [-0.15, -0.1) is 21.5 Å². The zero-order valence-corrected chi connectivity index (χ0v) is 25.4. The van der Waals surface area contributed by atoms with Crippen molar-refractivity contribution in [2.75, 3.05) is 6.54 Å². The van der Waals surface area contributed by atoms with Crippen LogP contribution in [0.15, 0.2) is 120 Å². The second kappa shape index (κ2) is 13.8. The van der Waals surface area contributed by atoms with Gasteiger partial charge in [-0.3, -0.25) is 14.3 Å². The van der Waals surface area contributed by atoms with Crippen LogP contribution in [0.25, 0.3) is 17.1 Å². The summed E-state index contributed by atoms with van der Waals surface area (Å²) in [5.74, 6) is 1.22. The second-order valence-corrected chi connectivity index (χ2v) is 12.0. The van der Waals surface area contributed by atoms with Crippen LogP contribution in [-0.4, -0.2) is 37.2 Å². The van der Waals surface area contributed by atoms with Gasteiger partial charge in [0.1, 0.15) is 10.7 Å². The van der Waals surface area contributed by atoms with Gasteiger partial charge in [0.15, 0.2) is 11.0 Å². The highest BCUT2D eigenvalue weighted by Crippen LogP contribution is 2.31. The summed E-state index contributed by atoms with van der Waals surface area (Å²) < 4.78 is 1.96. The van der Waals surface area contributed by atoms with Crippen LogP contribution in [0.3, 0.4) is 0 Å². The minimum atomic E-state index is -0.173. The molecule has 0 aliphatic carbocycles. The van der Waals surface area contributed by atoms with Gasteiger partial charge in [0.2, 0.25) is 0 Å². The average Bonchev–Trinajstić information content (AvgIpc) is 3.71. The maximum atomic E-state index is 13.0. The molecule has 0 aliphatic rings. The largest absolute Gasteiger partial charge is 0.351 e. The summed E-state index contributed by atoms with van der Waals surface area (Å²) in [5, 5.41) is 15.9. The van der Waals surface area contributed by atoms with Crippen molar-refractivity contribution in [3.05, 3.63) is 142 Å². The monoisotopic (exact) mass is 622 g/mol. The van der Waals surface area contributed by atoms with Gasteiger partial charge in [-0.2, -0.15) is 0 Å². The molecule has 0 fully saturated rings. The molecule has 6 rings (SSSR count). The summed E-state index contributed by atoms with van der Waals surface area (Å²) >= 11 is 9.27. The number of amides is 1. The molecule has 7 nitrogen and oxygen atoms in total.